The number of hydrogen-bond donors (Lipinski definition) is 0. The Kier molecular flexibility index (Phi) is 3.34. The van der Waals surface area contributed by atoms with Crippen LogP contribution in [0.15, 0.2) is 30.9 Å². The molecule has 0 atom stereocenters. The third-order valence-corrected chi connectivity index (χ3v) is 2.09. The van der Waals surface area contributed by atoms with Gasteiger partial charge in [0.15, 0.2) is 5.75 Å². The van der Waals surface area contributed by atoms with Gasteiger partial charge in [-0.3, -0.25) is 0 Å². The Morgan fingerprint density at radius 1 is 1.46 bits per heavy atom. The van der Waals surface area contributed by atoms with Crippen molar-refractivity contribution < 1.29 is 9.53 Å². The van der Waals surface area contributed by atoms with Crippen LogP contribution in [-0.2, 0) is 4.79 Å². The summed E-state index contributed by atoms with van der Waals surface area (Å²) in [5.74, 6) is -0.330. The van der Waals surface area contributed by atoms with E-state index < -0.39 is 5.97 Å². The standard InChI is InChI=1S/C9H6Cl2O2/c1-2-8(12)13-7-5-3-4-6(10)9(7)11/h2-5H,1H2. The fourth-order valence-electron chi connectivity index (χ4n) is 0.713. The van der Waals surface area contributed by atoms with Crippen LogP contribution < -0.4 is 4.74 Å². The number of carbonyl (C=O) groups is 1. The number of rotatable bonds is 2. The number of esters is 1. The van der Waals surface area contributed by atoms with E-state index in [1.54, 1.807) is 18.2 Å². The summed E-state index contributed by atoms with van der Waals surface area (Å²) in [6, 6.07) is 4.80. The van der Waals surface area contributed by atoms with Gasteiger partial charge in [-0.25, -0.2) is 4.79 Å². The fraction of sp³-hybridized carbons (Fsp3) is 0. The van der Waals surface area contributed by atoms with E-state index in [0.717, 1.165) is 6.08 Å². The molecule has 0 aliphatic heterocycles. The summed E-state index contributed by atoms with van der Waals surface area (Å²) in [6.45, 7) is 3.26. The Hall–Kier alpha value is -0.990. The molecular formula is C9H6Cl2O2. The van der Waals surface area contributed by atoms with Crippen LogP contribution in [0.4, 0.5) is 0 Å². The van der Waals surface area contributed by atoms with Crippen molar-refractivity contribution in [2.75, 3.05) is 0 Å². The molecule has 0 unspecified atom stereocenters. The molecule has 0 bridgehead atoms. The summed E-state index contributed by atoms with van der Waals surface area (Å²) in [5, 5.41) is 0.565. The van der Waals surface area contributed by atoms with E-state index in [1.807, 2.05) is 0 Å². The summed E-state index contributed by atoms with van der Waals surface area (Å²) >= 11 is 11.4. The number of benzene rings is 1. The highest BCUT2D eigenvalue weighted by molar-refractivity contribution is 6.43. The van der Waals surface area contributed by atoms with Gasteiger partial charge in [0.1, 0.15) is 5.02 Å². The maximum atomic E-state index is 10.8. The van der Waals surface area contributed by atoms with E-state index in [0.29, 0.717) is 5.02 Å². The number of halogens is 2. The van der Waals surface area contributed by atoms with E-state index in [9.17, 15) is 4.79 Å². The highest BCUT2D eigenvalue weighted by Crippen LogP contribution is 2.31. The lowest BCUT2D eigenvalue weighted by molar-refractivity contribution is -0.128. The molecule has 13 heavy (non-hydrogen) atoms. The quantitative estimate of drug-likeness (QED) is 0.432. The average molecular weight is 217 g/mol. The molecule has 4 heteroatoms. The van der Waals surface area contributed by atoms with E-state index in [2.05, 4.69) is 6.58 Å². The first-order valence-electron chi connectivity index (χ1n) is 3.43. The second-order valence-corrected chi connectivity index (χ2v) is 2.96. The molecule has 0 N–H and O–H groups in total. The smallest absolute Gasteiger partial charge is 0.335 e. The van der Waals surface area contributed by atoms with Crippen molar-refractivity contribution in [3.8, 4) is 5.75 Å². The molecule has 0 saturated carbocycles. The Labute approximate surface area is 85.7 Å². The van der Waals surface area contributed by atoms with Crippen LogP contribution >= 0.6 is 23.2 Å². The van der Waals surface area contributed by atoms with Crippen molar-refractivity contribution in [3.63, 3.8) is 0 Å². The minimum atomic E-state index is -0.566. The van der Waals surface area contributed by atoms with Crippen LogP contribution in [0.3, 0.4) is 0 Å². The van der Waals surface area contributed by atoms with Gasteiger partial charge in [0, 0.05) is 6.08 Å². The molecule has 1 aromatic rings. The van der Waals surface area contributed by atoms with Gasteiger partial charge in [0.05, 0.1) is 5.02 Å². The first-order chi connectivity index (χ1) is 6.15. The van der Waals surface area contributed by atoms with Gasteiger partial charge in [-0.15, -0.1) is 0 Å². The largest absolute Gasteiger partial charge is 0.422 e. The molecule has 1 rings (SSSR count). The number of carbonyl (C=O) groups excluding carboxylic acids is 1. The Morgan fingerprint density at radius 3 is 2.77 bits per heavy atom. The highest BCUT2D eigenvalue weighted by atomic mass is 35.5. The molecule has 0 aliphatic carbocycles. The molecule has 0 saturated heterocycles. The minimum absolute atomic E-state index is 0.222. The van der Waals surface area contributed by atoms with E-state index in [1.165, 1.54) is 0 Å². The third-order valence-electron chi connectivity index (χ3n) is 1.29. The number of ether oxygens (including phenoxy) is 1. The molecule has 0 heterocycles. The second-order valence-electron chi connectivity index (χ2n) is 2.18. The minimum Gasteiger partial charge on any atom is -0.422 e. The molecule has 2 nitrogen and oxygen atoms in total. The molecule has 0 aliphatic rings. The molecule has 0 fully saturated rings. The van der Waals surface area contributed by atoms with Gasteiger partial charge < -0.3 is 4.74 Å². The lowest BCUT2D eigenvalue weighted by Gasteiger charge is -2.03. The van der Waals surface area contributed by atoms with Crippen LogP contribution in [-0.4, -0.2) is 5.97 Å². The molecule has 1 aromatic carbocycles. The van der Waals surface area contributed by atoms with E-state index in [4.69, 9.17) is 27.9 Å². The Bertz CT molecular complexity index is 347. The van der Waals surface area contributed by atoms with Crippen LogP contribution in [0.25, 0.3) is 0 Å². The third kappa shape index (κ3) is 2.47. The molecule has 0 spiro atoms. The first-order valence-corrected chi connectivity index (χ1v) is 4.19. The summed E-state index contributed by atoms with van der Waals surface area (Å²) in [5.41, 5.74) is 0. The normalized spacial score (nSPS) is 9.38. The zero-order valence-electron chi connectivity index (χ0n) is 6.59. The summed E-state index contributed by atoms with van der Waals surface area (Å²) in [6.07, 6.45) is 1.05. The lowest BCUT2D eigenvalue weighted by atomic mass is 10.3. The van der Waals surface area contributed by atoms with Crippen molar-refractivity contribution >= 4 is 29.2 Å². The van der Waals surface area contributed by atoms with E-state index in [-0.39, 0.29) is 10.8 Å². The van der Waals surface area contributed by atoms with Gasteiger partial charge in [0.2, 0.25) is 0 Å². The van der Waals surface area contributed by atoms with Crippen molar-refractivity contribution in [1.82, 2.24) is 0 Å². The van der Waals surface area contributed by atoms with Gasteiger partial charge in [-0.2, -0.15) is 0 Å². The average Bonchev–Trinajstić information content (AvgIpc) is 2.13. The second kappa shape index (κ2) is 4.30. The number of hydrogen-bond acceptors (Lipinski definition) is 2. The van der Waals surface area contributed by atoms with Gasteiger partial charge >= 0.3 is 5.97 Å². The zero-order chi connectivity index (χ0) is 9.84. The molecule has 68 valence electrons. The molecule has 0 aromatic heterocycles. The predicted molar refractivity (Wildman–Crippen MR) is 52.3 cm³/mol. The fourth-order valence-corrected chi connectivity index (χ4v) is 1.04. The van der Waals surface area contributed by atoms with Crippen molar-refractivity contribution in [2.24, 2.45) is 0 Å². The molecule has 0 radical (unpaired) electrons. The topological polar surface area (TPSA) is 26.3 Å². The highest BCUT2D eigenvalue weighted by Gasteiger charge is 2.07. The zero-order valence-corrected chi connectivity index (χ0v) is 8.10. The summed E-state index contributed by atoms with van der Waals surface area (Å²) in [7, 11) is 0. The monoisotopic (exact) mass is 216 g/mol. The maximum absolute atomic E-state index is 10.8. The molecule has 0 amide bonds. The van der Waals surface area contributed by atoms with Crippen molar-refractivity contribution in [1.29, 1.82) is 0 Å². The van der Waals surface area contributed by atoms with Gasteiger partial charge in [-0.1, -0.05) is 35.8 Å². The summed E-state index contributed by atoms with van der Waals surface area (Å²) in [4.78, 5) is 10.8. The van der Waals surface area contributed by atoms with Crippen molar-refractivity contribution in [2.45, 2.75) is 0 Å². The van der Waals surface area contributed by atoms with Crippen molar-refractivity contribution in [3.05, 3.63) is 40.9 Å². The van der Waals surface area contributed by atoms with Gasteiger partial charge in [0.25, 0.3) is 0 Å². The van der Waals surface area contributed by atoms with Crippen LogP contribution in [0, 0.1) is 0 Å². The van der Waals surface area contributed by atoms with Crippen LogP contribution in [0.2, 0.25) is 10.0 Å². The summed E-state index contributed by atoms with van der Waals surface area (Å²) < 4.78 is 4.80. The van der Waals surface area contributed by atoms with E-state index >= 15 is 0 Å². The van der Waals surface area contributed by atoms with Gasteiger partial charge in [-0.05, 0) is 12.1 Å². The first kappa shape index (κ1) is 10.1. The SMILES string of the molecule is C=CC(=O)Oc1cccc(Cl)c1Cl. The van der Waals surface area contributed by atoms with Crippen LogP contribution in [0.5, 0.6) is 5.75 Å². The lowest BCUT2D eigenvalue weighted by Crippen LogP contribution is -2.03. The van der Waals surface area contributed by atoms with Crippen LogP contribution in [0.1, 0.15) is 0 Å². The Balaban J connectivity index is 2.95. The predicted octanol–water partition coefficient (Wildman–Crippen LogP) is 3.08. The maximum Gasteiger partial charge on any atom is 0.335 e. The molecular weight excluding hydrogens is 211 g/mol. The Morgan fingerprint density at radius 2 is 2.15 bits per heavy atom.